The number of aryl methyl sites for hydroxylation is 2. The number of hydrogen-bond acceptors (Lipinski definition) is 5. The third-order valence-corrected chi connectivity index (χ3v) is 6.82. The number of nitrogen functional groups attached to an aromatic ring is 1. The minimum atomic E-state index is -0.121. The number of fused-ring (bicyclic) bond motifs is 3. The topological polar surface area (TPSA) is 101 Å². The standard InChI is InChI=1S/C27H30N4O2/c28-20-9-12-22-19(16-20)8-13-23-26(22)29-24(14-17-4-2-1-3-5-17)27(30-23)31-25(33)15-18-6-10-21(32)11-7-18/h6-7,9-12,16-17,32H,1-5,8,13-15,28H2,(H,30,31,33). The van der Waals surface area contributed by atoms with Gasteiger partial charge in [-0.3, -0.25) is 4.79 Å². The van der Waals surface area contributed by atoms with Crippen molar-refractivity contribution in [2.45, 2.75) is 57.8 Å². The highest BCUT2D eigenvalue weighted by atomic mass is 16.3. The molecule has 0 unspecified atom stereocenters. The van der Waals surface area contributed by atoms with Gasteiger partial charge >= 0.3 is 0 Å². The molecule has 0 radical (unpaired) electrons. The summed E-state index contributed by atoms with van der Waals surface area (Å²) in [7, 11) is 0. The summed E-state index contributed by atoms with van der Waals surface area (Å²) in [5.74, 6) is 1.25. The Hall–Kier alpha value is -3.41. The second kappa shape index (κ2) is 9.22. The molecule has 0 atom stereocenters. The average Bonchev–Trinajstić information content (AvgIpc) is 2.81. The number of nitrogens with zero attached hydrogens (tertiary/aromatic N) is 2. The van der Waals surface area contributed by atoms with Gasteiger partial charge in [-0.2, -0.15) is 0 Å². The van der Waals surface area contributed by atoms with Gasteiger partial charge in [-0.05, 0) is 60.6 Å². The summed E-state index contributed by atoms with van der Waals surface area (Å²) >= 11 is 0. The van der Waals surface area contributed by atoms with Gasteiger partial charge in [0.15, 0.2) is 5.82 Å². The van der Waals surface area contributed by atoms with E-state index in [1.54, 1.807) is 24.3 Å². The van der Waals surface area contributed by atoms with Gasteiger partial charge in [0, 0.05) is 11.3 Å². The molecule has 4 N–H and O–H groups in total. The van der Waals surface area contributed by atoms with Gasteiger partial charge in [0.2, 0.25) is 5.91 Å². The number of aromatic nitrogens is 2. The van der Waals surface area contributed by atoms with Crippen LogP contribution in [-0.2, 0) is 30.5 Å². The average molecular weight is 443 g/mol. The Balaban J connectivity index is 1.46. The molecule has 6 nitrogen and oxygen atoms in total. The van der Waals surface area contributed by atoms with E-state index in [-0.39, 0.29) is 18.1 Å². The number of phenolic OH excluding ortho intramolecular Hbond substituents is 1. The summed E-state index contributed by atoms with van der Waals surface area (Å²) < 4.78 is 0. The van der Waals surface area contributed by atoms with Crippen LogP contribution in [0, 0.1) is 5.92 Å². The van der Waals surface area contributed by atoms with Crippen LogP contribution in [0.15, 0.2) is 42.5 Å². The first-order valence-electron chi connectivity index (χ1n) is 11.9. The Labute approximate surface area is 194 Å². The van der Waals surface area contributed by atoms with Crippen LogP contribution in [0.25, 0.3) is 11.3 Å². The molecular weight excluding hydrogens is 412 g/mol. The zero-order valence-electron chi connectivity index (χ0n) is 18.8. The van der Waals surface area contributed by atoms with Gasteiger partial charge in [-0.15, -0.1) is 0 Å². The van der Waals surface area contributed by atoms with Crippen LogP contribution in [-0.4, -0.2) is 21.0 Å². The molecular formula is C27H30N4O2. The molecule has 1 heterocycles. The van der Waals surface area contributed by atoms with Crippen molar-refractivity contribution in [3.05, 3.63) is 65.0 Å². The van der Waals surface area contributed by atoms with E-state index in [4.69, 9.17) is 15.7 Å². The van der Waals surface area contributed by atoms with Crippen LogP contribution in [0.4, 0.5) is 11.5 Å². The van der Waals surface area contributed by atoms with Gasteiger partial charge in [0.25, 0.3) is 0 Å². The molecule has 3 aromatic rings. The van der Waals surface area contributed by atoms with Crippen molar-refractivity contribution in [1.82, 2.24) is 9.97 Å². The summed E-state index contributed by atoms with van der Waals surface area (Å²) in [5, 5.41) is 12.5. The number of carbonyl (C=O) groups excluding carboxylic acids is 1. The minimum Gasteiger partial charge on any atom is -0.508 e. The fourth-order valence-corrected chi connectivity index (χ4v) is 5.08. The van der Waals surface area contributed by atoms with Crippen LogP contribution in [0.2, 0.25) is 0 Å². The first-order valence-corrected chi connectivity index (χ1v) is 11.9. The molecule has 1 aromatic heterocycles. The molecule has 170 valence electrons. The van der Waals surface area contributed by atoms with E-state index >= 15 is 0 Å². The molecule has 2 aliphatic rings. The number of anilines is 2. The van der Waals surface area contributed by atoms with Crippen molar-refractivity contribution in [1.29, 1.82) is 0 Å². The predicted molar refractivity (Wildman–Crippen MR) is 130 cm³/mol. The normalized spacial score (nSPS) is 15.5. The highest BCUT2D eigenvalue weighted by Crippen LogP contribution is 2.35. The van der Waals surface area contributed by atoms with Crippen LogP contribution < -0.4 is 11.1 Å². The molecule has 0 aliphatic heterocycles. The van der Waals surface area contributed by atoms with Crippen molar-refractivity contribution in [3.63, 3.8) is 0 Å². The predicted octanol–water partition coefficient (Wildman–Crippen LogP) is 4.83. The lowest BCUT2D eigenvalue weighted by molar-refractivity contribution is -0.115. The lowest BCUT2D eigenvalue weighted by Crippen LogP contribution is -2.21. The van der Waals surface area contributed by atoms with Crippen molar-refractivity contribution in [2.24, 2.45) is 5.92 Å². The van der Waals surface area contributed by atoms with E-state index < -0.39 is 0 Å². The van der Waals surface area contributed by atoms with E-state index in [1.807, 2.05) is 18.2 Å². The summed E-state index contributed by atoms with van der Waals surface area (Å²) in [6, 6.07) is 12.7. The fraction of sp³-hybridized carbons (Fsp3) is 0.370. The number of phenols is 1. The molecule has 1 amide bonds. The zero-order valence-corrected chi connectivity index (χ0v) is 18.8. The zero-order chi connectivity index (χ0) is 22.8. The number of amides is 1. The monoisotopic (exact) mass is 442 g/mol. The van der Waals surface area contributed by atoms with Gasteiger partial charge < -0.3 is 16.2 Å². The third kappa shape index (κ3) is 4.85. The van der Waals surface area contributed by atoms with E-state index in [2.05, 4.69) is 5.32 Å². The maximum absolute atomic E-state index is 12.9. The van der Waals surface area contributed by atoms with Crippen molar-refractivity contribution in [2.75, 3.05) is 11.1 Å². The number of benzene rings is 2. The maximum Gasteiger partial charge on any atom is 0.229 e. The van der Waals surface area contributed by atoms with Crippen LogP contribution >= 0.6 is 0 Å². The summed E-state index contributed by atoms with van der Waals surface area (Å²) in [4.78, 5) is 22.9. The second-order valence-electron chi connectivity index (χ2n) is 9.33. The first kappa shape index (κ1) is 21.4. The van der Waals surface area contributed by atoms with Crippen molar-refractivity contribution in [3.8, 4) is 17.0 Å². The molecule has 1 fully saturated rings. The quantitative estimate of drug-likeness (QED) is 0.491. The second-order valence-corrected chi connectivity index (χ2v) is 9.33. The summed E-state index contributed by atoms with van der Waals surface area (Å²) in [5.41, 5.74) is 12.7. The SMILES string of the molecule is Nc1ccc2c(c1)CCc1nc(NC(=O)Cc3ccc(O)cc3)c(CC3CCCCC3)nc1-2. The molecule has 2 aromatic carbocycles. The molecule has 2 aliphatic carbocycles. The Morgan fingerprint density at radius 2 is 1.82 bits per heavy atom. The molecule has 5 rings (SSSR count). The van der Waals surface area contributed by atoms with Gasteiger partial charge in [0.05, 0.1) is 23.5 Å². The molecule has 6 heteroatoms. The number of nitrogens with one attached hydrogen (secondary N) is 1. The molecule has 0 spiro atoms. The van der Waals surface area contributed by atoms with E-state index in [1.165, 1.54) is 37.7 Å². The Bertz CT molecular complexity index is 1170. The lowest BCUT2D eigenvalue weighted by Gasteiger charge is -2.24. The summed E-state index contributed by atoms with van der Waals surface area (Å²) in [6.45, 7) is 0. The number of nitrogens with two attached hydrogens (primary N) is 1. The van der Waals surface area contributed by atoms with E-state index in [9.17, 15) is 9.90 Å². The van der Waals surface area contributed by atoms with Gasteiger partial charge in [-0.25, -0.2) is 9.97 Å². The Kier molecular flexibility index (Phi) is 5.99. The molecule has 1 saturated carbocycles. The highest BCUT2D eigenvalue weighted by Gasteiger charge is 2.24. The van der Waals surface area contributed by atoms with Gasteiger partial charge in [0.1, 0.15) is 5.75 Å². The van der Waals surface area contributed by atoms with Crippen LogP contribution in [0.1, 0.15) is 54.6 Å². The van der Waals surface area contributed by atoms with Gasteiger partial charge in [-0.1, -0.05) is 50.3 Å². The maximum atomic E-state index is 12.9. The fourth-order valence-electron chi connectivity index (χ4n) is 5.08. The smallest absolute Gasteiger partial charge is 0.229 e. The summed E-state index contributed by atoms with van der Waals surface area (Å²) in [6.07, 6.45) is 8.93. The Morgan fingerprint density at radius 3 is 2.61 bits per heavy atom. The largest absolute Gasteiger partial charge is 0.508 e. The molecule has 0 bridgehead atoms. The lowest BCUT2D eigenvalue weighted by atomic mass is 9.85. The number of hydrogen-bond donors (Lipinski definition) is 3. The van der Waals surface area contributed by atoms with E-state index in [0.717, 1.165) is 53.2 Å². The number of carbonyl (C=O) groups is 1. The first-order chi connectivity index (χ1) is 16.0. The van der Waals surface area contributed by atoms with Crippen LogP contribution in [0.5, 0.6) is 5.75 Å². The Morgan fingerprint density at radius 1 is 1.03 bits per heavy atom. The highest BCUT2D eigenvalue weighted by molar-refractivity contribution is 5.92. The van der Waals surface area contributed by atoms with E-state index in [0.29, 0.717) is 11.7 Å². The van der Waals surface area contributed by atoms with Crippen molar-refractivity contribution >= 4 is 17.4 Å². The molecule has 0 saturated heterocycles. The minimum absolute atomic E-state index is 0.121. The third-order valence-electron chi connectivity index (χ3n) is 6.82. The van der Waals surface area contributed by atoms with Crippen molar-refractivity contribution < 1.29 is 9.90 Å². The number of rotatable bonds is 5. The number of aromatic hydroxyl groups is 1. The molecule has 33 heavy (non-hydrogen) atoms. The van der Waals surface area contributed by atoms with Crippen LogP contribution in [0.3, 0.4) is 0 Å².